The molecule has 226 valence electrons. The normalized spacial score (nSPS) is 14.5. The van der Waals surface area contributed by atoms with Gasteiger partial charge in [-0.25, -0.2) is 19.7 Å². The van der Waals surface area contributed by atoms with Gasteiger partial charge in [-0.05, 0) is 81.6 Å². The molecule has 11 nitrogen and oxygen atoms in total. The molecule has 6 rings (SSSR count). The molecule has 0 saturated carbocycles. The Kier molecular flexibility index (Phi) is 7.88. The summed E-state index contributed by atoms with van der Waals surface area (Å²) in [6.45, 7) is 8.17. The molecule has 0 aliphatic carbocycles. The van der Waals surface area contributed by atoms with Gasteiger partial charge in [-0.1, -0.05) is 18.2 Å². The molecule has 1 aromatic carbocycles. The van der Waals surface area contributed by atoms with E-state index >= 15 is 0 Å². The Bertz CT molecular complexity index is 1850. The van der Waals surface area contributed by atoms with Crippen LogP contribution in [0.25, 0.3) is 39.6 Å². The number of fused-ring (bicyclic) bond motifs is 1. The fourth-order valence-corrected chi connectivity index (χ4v) is 5.45. The highest BCUT2D eigenvalue weighted by molar-refractivity contribution is 5.84. The summed E-state index contributed by atoms with van der Waals surface area (Å²) >= 11 is 0. The predicted octanol–water partition coefficient (Wildman–Crippen LogP) is 4.91. The number of aromatic nitrogens is 5. The van der Waals surface area contributed by atoms with Gasteiger partial charge in [-0.15, -0.1) is 0 Å². The van der Waals surface area contributed by atoms with E-state index in [2.05, 4.69) is 44.5 Å². The number of benzene rings is 1. The number of amides is 1. The number of nitrogen functional groups attached to an aromatic ring is 1. The second-order valence-electron chi connectivity index (χ2n) is 12.0. The molecule has 1 amide bonds. The van der Waals surface area contributed by atoms with Crippen molar-refractivity contribution in [1.29, 1.82) is 0 Å². The summed E-state index contributed by atoms with van der Waals surface area (Å²) in [7, 11) is 0. The molecule has 11 heteroatoms. The van der Waals surface area contributed by atoms with Crippen molar-refractivity contribution in [2.24, 2.45) is 0 Å². The summed E-state index contributed by atoms with van der Waals surface area (Å²) in [6, 6.07) is 20.9. The van der Waals surface area contributed by atoms with Crippen molar-refractivity contribution >= 4 is 23.1 Å². The van der Waals surface area contributed by atoms with Crippen molar-refractivity contribution < 1.29 is 9.53 Å². The van der Waals surface area contributed by atoms with Gasteiger partial charge in [0, 0.05) is 43.6 Å². The number of pyridine rings is 3. The van der Waals surface area contributed by atoms with Crippen LogP contribution in [-0.2, 0) is 11.3 Å². The monoisotopic (exact) mass is 592 g/mol. The van der Waals surface area contributed by atoms with Crippen LogP contribution in [0.1, 0.15) is 39.2 Å². The van der Waals surface area contributed by atoms with Crippen molar-refractivity contribution in [1.82, 2.24) is 34.7 Å². The first kappa shape index (κ1) is 29.1. The van der Waals surface area contributed by atoms with Gasteiger partial charge >= 0.3 is 6.09 Å². The Balaban J connectivity index is 1.25. The molecule has 1 saturated heterocycles. The molecular formula is C33H36N8O3. The number of anilines is 1. The number of rotatable bonds is 6. The zero-order valence-electron chi connectivity index (χ0n) is 25.1. The van der Waals surface area contributed by atoms with E-state index in [9.17, 15) is 9.59 Å². The number of nitrogens with zero attached hydrogens (tertiary/aromatic N) is 5. The number of imidazole rings is 1. The van der Waals surface area contributed by atoms with Gasteiger partial charge in [-0.3, -0.25) is 14.3 Å². The first-order valence-corrected chi connectivity index (χ1v) is 14.7. The van der Waals surface area contributed by atoms with E-state index < -0.39 is 5.60 Å². The summed E-state index contributed by atoms with van der Waals surface area (Å²) < 4.78 is 7.39. The van der Waals surface area contributed by atoms with Gasteiger partial charge in [-0.2, -0.15) is 0 Å². The molecule has 0 bridgehead atoms. The third-order valence-corrected chi connectivity index (χ3v) is 7.54. The highest BCUT2D eigenvalue weighted by atomic mass is 16.6. The Labute approximate surface area is 255 Å². The number of nitrogens with two attached hydrogens (primary N) is 1. The van der Waals surface area contributed by atoms with Crippen LogP contribution in [0.2, 0.25) is 0 Å². The number of piperidine rings is 1. The fraction of sp³-hybridized carbons (Fsp3) is 0.303. The smallest absolute Gasteiger partial charge is 0.407 e. The second-order valence-corrected chi connectivity index (χ2v) is 12.0. The third-order valence-electron chi connectivity index (χ3n) is 7.54. The number of aromatic amines is 1. The number of hydrogen-bond acceptors (Lipinski definition) is 8. The van der Waals surface area contributed by atoms with Crippen LogP contribution in [0.4, 0.5) is 10.6 Å². The Hall–Kier alpha value is -5.03. The SMILES string of the molecule is CC(C)(C)OC(=O)NC1CCN(Cc2ccc(-n3c(-c4cccnc4N)nc4ccc(-c5cccc(=O)[nH]5)nc43)cc2)CC1. The largest absolute Gasteiger partial charge is 0.444 e. The van der Waals surface area contributed by atoms with Crippen LogP contribution < -0.4 is 16.6 Å². The van der Waals surface area contributed by atoms with Crippen LogP contribution >= 0.6 is 0 Å². The summed E-state index contributed by atoms with van der Waals surface area (Å²) in [5, 5.41) is 3.00. The molecule has 1 aliphatic rings. The predicted molar refractivity (Wildman–Crippen MR) is 170 cm³/mol. The molecule has 0 spiro atoms. The lowest BCUT2D eigenvalue weighted by Crippen LogP contribution is -2.45. The van der Waals surface area contributed by atoms with E-state index in [0.717, 1.165) is 38.2 Å². The van der Waals surface area contributed by atoms with Crippen molar-refractivity contribution in [3.63, 3.8) is 0 Å². The second kappa shape index (κ2) is 11.9. The highest BCUT2D eigenvalue weighted by Gasteiger charge is 2.24. The molecule has 1 aliphatic heterocycles. The molecule has 5 heterocycles. The Morgan fingerprint density at radius 1 is 1.02 bits per heavy atom. The van der Waals surface area contributed by atoms with Gasteiger partial charge in [0.25, 0.3) is 0 Å². The molecular weight excluding hydrogens is 556 g/mol. The first-order valence-electron chi connectivity index (χ1n) is 14.7. The van der Waals surface area contributed by atoms with E-state index in [-0.39, 0.29) is 17.7 Å². The van der Waals surface area contributed by atoms with E-state index in [1.165, 1.54) is 11.6 Å². The Morgan fingerprint density at radius 3 is 2.50 bits per heavy atom. The number of H-pyrrole nitrogens is 1. The highest BCUT2D eigenvalue weighted by Crippen LogP contribution is 2.31. The number of hydrogen-bond donors (Lipinski definition) is 3. The van der Waals surface area contributed by atoms with Crippen molar-refractivity contribution in [2.75, 3.05) is 18.8 Å². The maximum Gasteiger partial charge on any atom is 0.407 e. The number of ether oxygens (including phenoxy) is 1. The minimum atomic E-state index is -0.508. The van der Waals surface area contributed by atoms with Crippen LogP contribution in [0.3, 0.4) is 0 Å². The lowest BCUT2D eigenvalue weighted by Gasteiger charge is -2.32. The molecule has 4 N–H and O–H groups in total. The van der Waals surface area contributed by atoms with Crippen LogP contribution in [0.5, 0.6) is 0 Å². The van der Waals surface area contributed by atoms with Crippen molar-refractivity contribution in [2.45, 2.75) is 51.8 Å². The number of carbonyl (C=O) groups is 1. The minimum absolute atomic E-state index is 0.113. The number of carbonyl (C=O) groups excluding carboxylic acids is 1. The lowest BCUT2D eigenvalue weighted by molar-refractivity contribution is 0.0477. The fourth-order valence-electron chi connectivity index (χ4n) is 5.45. The number of nitrogens with one attached hydrogen (secondary N) is 2. The van der Waals surface area contributed by atoms with Crippen LogP contribution in [0, 0.1) is 0 Å². The first-order chi connectivity index (χ1) is 21.1. The van der Waals surface area contributed by atoms with Gasteiger partial charge in [0.1, 0.15) is 16.9 Å². The molecule has 0 unspecified atom stereocenters. The summed E-state index contributed by atoms with van der Waals surface area (Å²) in [4.78, 5) is 43.5. The molecule has 0 radical (unpaired) electrons. The standard InChI is InChI=1S/C33H36N8O3/c1-33(2,3)44-32(43)36-22-15-18-40(19-16-22)20-21-9-11-23(12-10-21)41-30(24-6-5-17-35-29(24)34)39-27-14-13-26(38-31(27)41)25-7-4-8-28(42)37-25/h4-14,17,22H,15-16,18-20H2,1-3H3,(H2,34,35)(H,36,43)(H,37,42). The third kappa shape index (κ3) is 6.47. The van der Waals surface area contributed by atoms with Crippen LogP contribution in [-0.4, -0.2) is 60.2 Å². The number of alkyl carbamates (subject to hydrolysis) is 1. The molecule has 4 aromatic heterocycles. The van der Waals surface area contributed by atoms with E-state index in [1.54, 1.807) is 12.3 Å². The van der Waals surface area contributed by atoms with Crippen molar-refractivity contribution in [3.8, 4) is 28.5 Å². The topological polar surface area (TPSA) is 144 Å². The lowest BCUT2D eigenvalue weighted by atomic mass is 10.0. The maximum atomic E-state index is 12.2. The van der Waals surface area contributed by atoms with Gasteiger partial charge < -0.3 is 20.8 Å². The zero-order valence-corrected chi connectivity index (χ0v) is 25.1. The number of likely N-dealkylation sites (tertiary alicyclic amines) is 1. The van der Waals surface area contributed by atoms with Gasteiger partial charge in [0.05, 0.1) is 17.0 Å². The van der Waals surface area contributed by atoms with E-state index in [4.69, 9.17) is 20.4 Å². The molecule has 1 fully saturated rings. The van der Waals surface area contributed by atoms with Crippen molar-refractivity contribution in [3.05, 3.63) is 88.8 Å². The average Bonchev–Trinajstić information content (AvgIpc) is 3.36. The maximum absolute atomic E-state index is 12.2. The van der Waals surface area contributed by atoms with Gasteiger partial charge in [0.15, 0.2) is 11.5 Å². The summed E-state index contributed by atoms with van der Waals surface area (Å²) in [5.41, 5.74) is 10.9. The quantitative estimate of drug-likeness (QED) is 0.252. The molecule has 5 aromatic rings. The van der Waals surface area contributed by atoms with Gasteiger partial charge in [0.2, 0.25) is 5.56 Å². The van der Waals surface area contributed by atoms with E-state index in [1.807, 2.05) is 55.7 Å². The summed E-state index contributed by atoms with van der Waals surface area (Å²) in [5.74, 6) is 1.00. The zero-order chi connectivity index (χ0) is 30.8. The summed E-state index contributed by atoms with van der Waals surface area (Å²) in [6.07, 6.45) is 3.04. The van der Waals surface area contributed by atoms with E-state index in [0.29, 0.717) is 39.8 Å². The van der Waals surface area contributed by atoms with Crippen LogP contribution in [0.15, 0.2) is 77.7 Å². The Morgan fingerprint density at radius 2 is 1.80 bits per heavy atom. The minimum Gasteiger partial charge on any atom is -0.444 e. The molecule has 44 heavy (non-hydrogen) atoms. The average molecular weight is 593 g/mol. The molecule has 0 atom stereocenters.